The fourth-order valence-electron chi connectivity index (χ4n) is 1.62. The van der Waals surface area contributed by atoms with Crippen molar-refractivity contribution in [1.82, 2.24) is 0 Å². The van der Waals surface area contributed by atoms with Gasteiger partial charge in [-0.05, 0) is 66.9 Å². The van der Waals surface area contributed by atoms with Crippen molar-refractivity contribution >= 4 is 27.7 Å². The molecular weight excluding hydrogens is 336 g/mol. The largest absolute Gasteiger partial charge is 0.471 e. The van der Waals surface area contributed by atoms with Crippen LogP contribution in [0.4, 0.5) is 0 Å². The standard InChI is InChI=1S/C16H21BrO4/c1-10-6-7-13(8-11(10)2)21-15(17)14(19)16(4,5)9-20-12(3)18/h6-8,15H,9H2,1-5H3. The first-order valence-corrected chi connectivity index (χ1v) is 7.61. The summed E-state index contributed by atoms with van der Waals surface area (Å²) in [5, 5.41) is -0.787. The third kappa shape index (κ3) is 5.16. The molecule has 1 atom stereocenters. The Hall–Kier alpha value is -1.36. The third-order valence-corrected chi connectivity index (χ3v) is 3.83. The maximum Gasteiger partial charge on any atom is 0.302 e. The van der Waals surface area contributed by atoms with Gasteiger partial charge in [0.15, 0.2) is 5.78 Å². The molecule has 0 bridgehead atoms. The van der Waals surface area contributed by atoms with E-state index in [2.05, 4.69) is 15.9 Å². The highest BCUT2D eigenvalue weighted by molar-refractivity contribution is 9.09. The smallest absolute Gasteiger partial charge is 0.302 e. The van der Waals surface area contributed by atoms with Gasteiger partial charge in [0.1, 0.15) is 12.4 Å². The van der Waals surface area contributed by atoms with Gasteiger partial charge in [-0.15, -0.1) is 0 Å². The average Bonchev–Trinajstić information content (AvgIpc) is 2.40. The Morgan fingerprint density at radius 2 is 1.86 bits per heavy atom. The molecule has 0 amide bonds. The predicted molar refractivity (Wildman–Crippen MR) is 84.7 cm³/mol. The topological polar surface area (TPSA) is 52.6 Å². The van der Waals surface area contributed by atoms with E-state index in [1.807, 2.05) is 32.0 Å². The van der Waals surface area contributed by atoms with Crippen molar-refractivity contribution < 1.29 is 19.1 Å². The highest BCUT2D eigenvalue weighted by atomic mass is 79.9. The molecule has 0 aliphatic heterocycles. The van der Waals surface area contributed by atoms with Crippen LogP contribution in [0.15, 0.2) is 18.2 Å². The second kappa shape index (κ2) is 7.07. The summed E-state index contributed by atoms with van der Waals surface area (Å²) in [5.74, 6) is 0.0377. The Morgan fingerprint density at radius 1 is 1.24 bits per heavy atom. The van der Waals surface area contributed by atoms with E-state index in [-0.39, 0.29) is 12.4 Å². The molecule has 1 aromatic carbocycles. The summed E-state index contributed by atoms with van der Waals surface area (Å²) in [6.45, 7) is 8.78. The van der Waals surface area contributed by atoms with Gasteiger partial charge in [0.05, 0.1) is 5.41 Å². The van der Waals surface area contributed by atoms with Gasteiger partial charge < -0.3 is 9.47 Å². The van der Waals surface area contributed by atoms with Crippen molar-refractivity contribution in [2.75, 3.05) is 6.61 Å². The van der Waals surface area contributed by atoms with E-state index in [1.165, 1.54) is 6.92 Å². The first-order chi connectivity index (χ1) is 9.63. The van der Waals surface area contributed by atoms with Crippen molar-refractivity contribution in [3.63, 3.8) is 0 Å². The van der Waals surface area contributed by atoms with Crippen LogP contribution in [-0.4, -0.2) is 23.4 Å². The second-order valence-electron chi connectivity index (χ2n) is 5.71. The van der Waals surface area contributed by atoms with Crippen LogP contribution in [0.2, 0.25) is 0 Å². The molecule has 0 heterocycles. The molecule has 1 aromatic rings. The van der Waals surface area contributed by atoms with Gasteiger partial charge in [-0.3, -0.25) is 9.59 Å². The minimum Gasteiger partial charge on any atom is -0.471 e. The molecule has 1 unspecified atom stereocenters. The summed E-state index contributed by atoms with van der Waals surface area (Å²) in [6.07, 6.45) is 0. The summed E-state index contributed by atoms with van der Waals surface area (Å²) in [7, 11) is 0. The van der Waals surface area contributed by atoms with Crippen molar-refractivity contribution in [2.24, 2.45) is 5.41 Å². The maximum absolute atomic E-state index is 12.4. The number of esters is 1. The molecule has 1 rings (SSSR count). The molecule has 21 heavy (non-hydrogen) atoms. The molecule has 5 heteroatoms. The lowest BCUT2D eigenvalue weighted by molar-refractivity contribution is -0.147. The van der Waals surface area contributed by atoms with Crippen LogP contribution in [0.3, 0.4) is 0 Å². The zero-order valence-corrected chi connectivity index (χ0v) is 14.6. The van der Waals surface area contributed by atoms with E-state index < -0.39 is 16.4 Å². The summed E-state index contributed by atoms with van der Waals surface area (Å²) >= 11 is 3.25. The fraction of sp³-hybridized carbons (Fsp3) is 0.500. The molecule has 0 aliphatic rings. The molecule has 0 fully saturated rings. The number of carbonyl (C=O) groups excluding carboxylic acids is 2. The number of ether oxygens (including phenoxy) is 2. The summed E-state index contributed by atoms with van der Waals surface area (Å²) in [4.78, 5) is 23.2. The number of carbonyl (C=O) groups is 2. The Bertz CT molecular complexity index is 537. The van der Waals surface area contributed by atoms with Crippen LogP contribution in [0.25, 0.3) is 0 Å². The van der Waals surface area contributed by atoms with Crippen LogP contribution in [0, 0.1) is 19.3 Å². The SMILES string of the molecule is CC(=O)OCC(C)(C)C(=O)C(Br)Oc1ccc(C)c(C)c1. The molecule has 0 saturated heterocycles. The highest BCUT2D eigenvalue weighted by Gasteiger charge is 2.35. The van der Waals surface area contributed by atoms with Crippen LogP contribution in [0.1, 0.15) is 31.9 Å². The van der Waals surface area contributed by atoms with E-state index in [1.54, 1.807) is 13.8 Å². The predicted octanol–water partition coefficient (Wildman–Crippen LogP) is 3.56. The molecule has 0 aliphatic carbocycles. The van der Waals surface area contributed by atoms with Crippen molar-refractivity contribution in [2.45, 2.75) is 39.6 Å². The number of alkyl halides is 1. The number of benzene rings is 1. The number of ketones is 1. The summed E-state index contributed by atoms with van der Waals surface area (Å²) in [5.41, 5.74) is 1.44. The summed E-state index contributed by atoms with van der Waals surface area (Å²) < 4.78 is 10.6. The molecule has 0 N–H and O–H groups in total. The zero-order chi connectivity index (χ0) is 16.2. The molecule has 0 spiro atoms. The van der Waals surface area contributed by atoms with Gasteiger partial charge in [-0.2, -0.15) is 0 Å². The number of halogens is 1. The van der Waals surface area contributed by atoms with Crippen molar-refractivity contribution in [3.8, 4) is 5.75 Å². The lowest BCUT2D eigenvalue weighted by Gasteiger charge is -2.25. The second-order valence-corrected chi connectivity index (χ2v) is 6.54. The third-order valence-electron chi connectivity index (χ3n) is 3.23. The zero-order valence-electron chi connectivity index (χ0n) is 13.0. The van der Waals surface area contributed by atoms with Gasteiger partial charge in [0.25, 0.3) is 0 Å². The van der Waals surface area contributed by atoms with Gasteiger partial charge in [-0.1, -0.05) is 6.07 Å². The first kappa shape index (κ1) is 17.7. The highest BCUT2D eigenvalue weighted by Crippen LogP contribution is 2.26. The number of Topliss-reactive ketones (excluding diaryl/α,β-unsaturated/α-hetero) is 1. The Morgan fingerprint density at radius 3 is 2.38 bits per heavy atom. The molecule has 0 radical (unpaired) electrons. The lowest BCUT2D eigenvalue weighted by Crippen LogP contribution is -2.38. The van der Waals surface area contributed by atoms with E-state index in [0.717, 1.165) is 11.1 Å². The number of aryl methyl sites for hydroxylation is 2. The van der Waals surface area contributed by atoms with Crippen LogP contribution in [0.5, 0.6) is 5.75 Å². The van der Waals surface area contributed by atoms with Gasteiger partial charge in [-0.25, -0.2) is 0 Å². The Balaban J connectivity index is 2.73. The van der Waals surface area contributed by atoms with Gasteiger partial charge in [0.2, 0.25) is 5.01 Å². The molecular formula is C16H21BrO4. The summed E-state index contributed by atoms with van der Waals surface area (Å²) in [6, 6.07) is 5.65. The molecule has 116 valence electrons. The molecule has 4 nitrogen and oxygen atoms in total. The van der Waals surface area contributed by atoms with E-state index in [4.69, 9.17) is 9.47 Å². The van der Waals surface area contributed by atoms with E-state index in [0.29, 0.717) is 5.75 Å². The quantitative estimate of drug-likeness (QED) is 0.577. The van der Waals surface area contributed by atoms with Crippen LogP contribution in [-0.2, 0) is 14.3 Å². The molecule has 0 aromatic heterocycles. The first-order valence-electron chi connectivity index (χ1n) is 6.69. The van der Waals surface area contributed by atoms with Gasteiger partial charge in [0, 0.05) is 6.92 Å². The van der Waals surface area contributed by atoms with Crippen molar-refractivity contribution in [3.05, 3.63) is 29.3 Å². The number of rotatable bonds is 6. The minimum atomic E-state index is -0.820. The Labute approximate surface area is 133 Å². The minimum absolute atomic E-state index is 0.0273. The monoisotopic (exact) mass is 356 g/mol. The maximum atomic E-state index is 12.4. The number of hydrogen-bond acceptors (Lipinski definition) is 4. The van der Waals surface area contributed by atoms with Crippen molar-refractivity contribution in [1.29, 1.82) is 0 Å². The fourth-order valence-corrected chi connectivity index (χ4v) is 2.46. The van der Waals surface area contributed by atoms with E-state index >= 15 is 0 Å². The average molecular weight is 357 g/mol. The normalized spacial score (nSPS) is 12.7. The van der Waals surface area contributed by atoms with E-state index in [9.17, 15) is 9.59 Å². The van der Waals surface area contributed by atoms with Crippen LogP contribution < -0.4 is 4.74 Å². The molecule has 0 saturated carbocycles. The van der Waals surface area contributed by atoms with Gasteiger partial charge >= 0.3 is 5.97 Å². The van der Waals surface area contributed by atoms with Crippen LogP contribution >= 0.6 is 15.9 Å². The lowest BCUT2D eigenvalue weighted by atomic mass is 9.89. The Kier molecular flexibility index (Phi) is 5.96. The number of hydrogen-bond donors (Lipinski definition) is 0.